The predicted octanol–water partition coefficient (Wildman–Crippen LogP) is 6.25. The third-order valence-electron chi connectivity index (χ3n) is 5.38. The SMILES string of the molecule is Cc1ccccc1-n1c(=S)sc2c(=O)n(-c3ccccc3)c(SCC(=O)c3ccccc3)nc21. The molecule has 0 aliphatic heterocycles. The Labute approximate surface area is 209 Å². The minimum atomic E-state index is -0.200. The lowest BCUT2D eigenvalue weighted by atomic mass is 10.2. The first kappa shape index (κ1) is 22.5. The third-order valence-corrected chi connectivity index (χ3v) is 7.67. The Balaban J connectivity index is 1.69. The molecule has 0 aliphatic carbocycles. The topological polar surface area (TPSA) is 56.9 Å². The standard InChI is InChI=1S/C26H19N3O2S3/c1-17-10-8-9-15-20(17)29-23-22(34-26(29)32)24(31)28(19-13-6-3-7-14-19)25(27-23)33-16-21(30)18-11-4-2-5-12-18/h2-15H,16H2,1H3. The number of aromatic nitrogens is 3. The second-order valence-electron chi connectivity index (χ2n) is 7.59. The van der Waals surface area contributed by atoms with E-state index in [0.29, 0.717) is 30.7 Å². The molecule has 3 aromatic carbocycles. The lowest BCUT2D eigenvalue weighted by Gasteiger charge is -2.13. The number of nitrogens with zero attached hydrogens (tertiary/aromatic N) is 3. The van der Waals surface area contributed by atoms with E-state index in [0.717, 1.165) is 11.3 Å². The van der Waals surface area contributed by atoms with Crippen LogP contribution in [0.5, 0.6) is 0 Å². The minimum Gasteiger partial charge on any atom is -0.293 e. The van der Waals surface area contributed by atoms with E-state index >= 15 is 0 Å². The summed E-state index contributed by atoms with van der Waals surface area (Å²) in [6.07, 6.45) is 0. The number of Topliss-reactive ketones (excluding diaryl/α,β-unsaturated/α-hetero) is 1. The third kappa shape index (κ3) is 4.16. The summed E-state index contributed by atoms with van der Waals surface area (Å²) in [4.78, 5) is 31.4. The van der Waals surface area contributed by atoms with Crippen LogP contribution in [0.25, 0.3) is 21.7 Å². The number of aryl methyl sites for hydroxylation is 1. The molecular weight excluding hydrogens is 483 g/mol. The number of hydrogen-bond acceptors (Lipinski definition) is 6. The molecule has 0 saturated heterocycles. The van der Waals surface area contributed by atoms with Gasteiger partial charge in [-0.2, -0.15) is 0 Å². The fourth-order valence-corrected chi connectivity index (χ4v) is 5.89. The molecule has 34 heavy (non-hydrogen) atoms. The maximum atomic E-state index is 13.7. The van der Waals surface area contributed by atoms with Gasteiger partial charge in [-0.25, -0.2) is 4.98 Å². The average molecular weight is 502 g/mol. The number of carbonyl (C=O) groups is 1. The summed E-state index contributed by atoms with van der Waals surface area (Å²) in [7, 11) is 0. The van der Waals surface area contributed by atoms with Gasteiger partial charge in [-0.05, 0) is 42.9 Å². The molecule has 5 rings (SSSR count). The van der Waals surface area contributed by atoms with Crippen molar-refractivity contribution in [2.75, 3.05) is 5.75 Å². The first-order chi connectivity index (χ1) is 16.5. The van der Waals surface area contributed by atoms with Crippen LogP contribution in [0.2, 0.25) is 0 Å². The Morgan fingerprint density at radius 1 is 0.941 bits per heavy atom. The Kier molecular flexibility index (Phi) is 6.28. The van der Waals surface area contributed by atoms with Crippen molar-refractivity contribution < 1.29 is 4.79 Å². The lowest BCUT2D eigenvalue weighted by Crippen LogP contribution is -2.22. The monoisotopic (exact) mass is 501 g/mol. The molecule has 2 aromatic heterocycles. The van der Waals surface area contributed by atoms with Crippen molar-refractivity contribution >= 4 is 51.4 Å². The van der Waals surface area contributed by atoms with Crippen LogP contribution in [0.1, 0.15) is 15.9 Å². The van der Waals surface area contributed by atoms with E-state index in [1.54, 1.807) is 16.7 Å². The van der Waals surface area contributed by atoms with E-state index in [2.05, 4.69) is 0 Å². The van der Waals surface area contributed by atoms with E-state index in [1.807, 2.05) is 84.3 Å². The zero-order chi connectivity index (χ0) is 23.7. The number of carbonyl (C=O) groups excluding carboxylic acids is 1. The maximum absolute atomic E-state index is 13.7. The number of para-hydroxylation sites is 2. The Hall–Kier alpha value is -3.33. The molecule has 2 heterocycles. The van der Waals surface area contributed by atoms with Gasteiger partial charge in [0.05, 0.1) is 17.1 Å². The van der Waals surface area contributed by atoms with Gasteiger partial charge in [0.15, 0.2) is 20.5 Å². The largest absolute Gasteiger partial charge is 0.293 e. The maximum Gasteiger partial charge on any atom is 0.278 e. The number of thioether (sulfide) groups is 1. The fourth-order valence-electron chi connectivity index (χ4n) is 3.70. The normalized spacial score (nSPS) is 11.1. The van der Waals surface area contributed by atoms with Crippen molar-refractivity contribution in [1.29, 1.82) is 0 Å². The summed E-state index contributed by atoms with van der Waals surface area (Å²) >= 11 is 8.16. The van der Waals surface area contributed by atoms with Crippen molar-refractivity contribution in [3.8, 4) is 11.4 Å². The second kappa shape index (κ2) is 9.50. The van der Waals surface area contributed by atoms with Crippen molar-refractivity contribution in [3.63, 3.8) is 0 Å². The van der Waals surface area contributed by atoms with E-state index < -0.39 is 0 Å². The molecular formula is C26H19N3O2S3. The fraction of sp³-hybridized carbons (Fsp3) is 0.0769. The van der Waals surface area contributed by atoms with E-state index in [1.165, 1.54) is 23.1 Å². The van der Waals surface area contributed by atoms with Crippen molar-refractivity contribution in [2.24, 2.45) is 0 Å². The average Bonchev–Trinajstić information content (AvgIpc) is 3.20. The molecule has 0 amide bonds. The first-order valence-electron chi connectivity index (χ1n) is 10.6. The highest BCUT2D eigenvalue weighted by Gasteiger charge is 2.20. The molecule has 8 heteroatoms. The summed E-state index contributed by atoms with van der Waals surface area (Å²) in [6.45, 7) is 2.00. The lowest BCUT2D eigenvalue weighted by molar-refractivity contribution is 0.102. The summed E-state index contributed by atoms with van der Waals surface area (Å²) in [5.41, 5.74) is 3.55. The van der Waals surface area contributed by atoms with Crippen LogP contribution in [0.4, 0.5) is 0 Å². The van der Waals surface area contributed by atoms with Crippen molar-refractivity contribution in [3.05, 3.63) is 110 Å². The molecule has 0 radical (unpaired) electrons. The zero-order valence-electron chi connectivity index (χ0n) is 18.2. The van der Waals surface area contributed by atoms with Gasteiger partial charge >= 0.3 is 0 Å². The highest BCUT2D eigenvalue weighted by molar-refractivity contribution is 7.99. The molecule has 0 saturated carbocycles. The van der Waals surface area contributed by atoms with Gasteiger partial charge in [0.2, 0.25) is 0 Å². The number of benzene rings is 3. The molecule has 0 fully saturated rings. The number of rotatable bonds is 6. The van der Waals surface area contributed by atoms with Crippen LogP contribution in [0.15, 0.2) is 94.9 Å². The number of fused-ring (bicyclic) bond motifs is 1. The summed E-state index contributed by atoms with van der Waals surface area (Å²) in [5, 5.41) is 0.447. The molecule has 0 spiro atoms. The van der Waals surface area contributed by atoms with Gasteiger partial charge in [0, 0.05) is 5.56 Å². The number of ketones is 1. The van der Waals surface area contributed by atoms with Gasteiger partial charge in [0.25, 0.3) is 5.56 Å². The van der Waals surface area contributed by atoms with Gasteiger partial charge in [-0.15, -0.1) is 0 Å². The smallest absolute Gasteiger partial charge is 0.278 e. The first-order valence-corrected chi connectivity index (χ1v) is 12.8. The molecule has 5 aromatic rings. The Bertz CT molecular complexity index is 1620. The van der Waals surface area contributed by atoms with Crippen LogP contribution >= 0.6 is 35.3 Å². The van der Waals surface area contributed by atoms with E-state index in [4.69, 9.17) is 17.2 Å². The summed E-state index contributed by atoms with van der Waals surface area (Å²) < 4.78 is 4.45. The van der Waals surface area contributed by atoms with Gasteiger partial charge < -0.3 is 0 Å². The second-order valence-corrected chi connectivity index (χ2v) is 10.2. The van der Waals surface area contributed by atoms with Crippen LogP contribution < -0.4 is 5.56 Å². The number of hydrogen-bond donors (Lipinski definition) is 0. The molecule has 0 atom stereocenters. The van der Waals surface area contributed by atoms with Crippen LogP contribution in [0, 0.1) is 10.9 Å². The molecule has 5 nitrogen and oxygen atoms in total. The number of thiazole rings is 1. The van der Waals surface area contributed by atoms with Crippen molar-refractivity contribution in [1.82, 2.24) is 14.1 Å². The molecule has 168 valence electrons. The summed E-state index contributed by atoms with van der Waals surface area (Å²) in [6, 6.07) is 26.3. The highest BCUT2D eigenvalue weighted by Crippen LogP contribution is 2.28. The molecule has 0 unspecified atom stereocenters. The summed E-state index contributed by atoms with van der Waals surface area (Å²) in [5.74, 6) is 0.130. The van der Waals surface area contributed by atoms with Crippen LogP contribution in [-0.4, -0.2) is 25.7 Å². The van der Waals surface area contributed by atoms with Crippen LogP contribution in [-0.2, 0) is 0 Å². The highest BCUT2D eigenvalue weighted by atomic mass is 32.2. The minimum absolute atomic E-state index is 0.0272. The molecule has 0 bridgehead atoms. The van der Waals surface area contributed by atoms with Gasteiger partial charge in [0.1, 0.15) is 4.70 Å². The Morgan fingerprint density at radius 3 is 2.29 bits per heavy atom. The molecule has 0 aliphatic rings. The van der Waals surface area contributed by atoms with Gasteiger partial charge in [-0.1, -0.05) is 89.8 Å². The van der Waals surface area contributed by atoms with E-state index in [9.17, 15) is 9.59 Å². The van der Waals surface area contributed by atoms with E-state index in [-0.39, 0.29) is 17.1 Å². The zero-order valence-corrected chi connectivity index (χ0v) is 20.6. The Morgan fingerprint density at radius 2 is 1.59 bits per heavy atom. The molecule has 0 N–H and O–H groups in total. The van der Waals surface area contributed by atoms with Gasteiger partial charge in [-0.3, -0.25) is 18.7 Å². The van der Waals surface area contributed by atoms with Crippen LogP contribution in [0.3, 0.4) is 0 Å². The quantitative estimate of drug-likeness (QED) is 0.119. The van der Waals surface area contributed by atoms with Crippen molar-refractivity contribution in [2.45, 2.75) is 12.1 Å². The predicted molar refractivity (Wildman–Crippen MR) is 142 cm³/mol.